The van der Waals surface area contributed by atoms with Crippen LogP contribution in [0, 0.1) is 17.2 Å². The van der Waals surface area contributed by atoms with Crippen molar-refractivity contribution in [1.82, 2.24) is 0 Å². The van der Waals surface area contributed by atoms with Crippen molar-refractivity contribution in [2.24, 2.45) is 11.7 Å². The lowest BCUT2D eigenvalue weighted by Crippen LogP contribution is -2.23. The molecule has 0 spiro atoms. The molecule has 0 radical (unpaired) electrons. The number of ether oxygens (including phenoxy) is 1. The maximum Gasteiger partial charge on any atom is 0.227 e. The Kier molecular flexibility index (Phi) is 4.37. The zero-order chi connectivity index (χ0) is 13.7. The molecular formula is C14H17N3O2. The average Bonchev–Trinajstić information content (AvgIpc) is 2.83. The van der Waals surface area contributed by atoms with Gasteiger partial charge in [0.25, 0.3) is 0 Å². The predicted octanol–water partition coefficient (Wildman–Crippen LogP) is 1.65. The van der Waals surface area contributed by atoms with Gasteiger partial charge in [-0.25, -0.2) is 0 Å². The van der Waals surface area contributed by atoms with Gasteiger partial charge in [-0.3, -0.25) is 4.79 Å². The molecule has 5 nitrogen and oxygen atoms in total. The molecule has 0 aliphatic heterocycles. The normalized spacial score (nSPS) is 21.7. The van der Waals surface area contributed by atoms with E-state index >= 15 is 0 Å². The van der Waals surface area contributed by atoms with Gasteiger partial charge in [0.05, 0.1) is 0 Å². The summed E-state index contributed by atoms with van der Waals surface area (Å²) in [5.41, 5.74) is 6.49. The third-order valence-electron chi connectivity index (χ3n) is 3.25. The van der Waals surface area contributed by atoms with Crippen LogP contribution in [0.4, 0.5) is 5.69 Å². The Morgan fingerprint density at radius 2 is 2.37 bits per heavy atom. The first-order valence-corrected chi connectivity index (χ1v) is 6.35. The van der Waals surface area contributed by atoms with E-state index in [1.165, 1.54) is 0 Å². The van der Waals surface area contributed by atoms with E-state index in [1.807, 2.05) is 6.07 Å². The SMILES string of the molecule is N#CCOc1cccc(NC(=O)C2CCC(N)C2)c1. The fourth-order valence-electron chi connectivity index (χ4n) is 2.28. The molecule has 2 unspecified atom stereocenters. The van der Waals surface area contributed by atoms with E-state index in [-0.39, 0.29) is 24.5 Å². The van der Waals surface area contributed by atoms with Crippen molar-refractivity contribution in [1.29, 1.82) is 5.26 Å². The van der Waals surface area contributed by atoms with Gasteiger partial charge >= 0.3 is 0 Å². The highest BCUT2D eigenvalue weighted by molar-refractivity contribution is 5.92. The molecule has 0 heterocycles. The molecule has 0 bridgehead atoms. The van der Waals surface area contributed by atoms with Crippen LogP contribution in [-0.4, -0.2) is 18.6 Å². The Hall–Kier alpha value is -2.06. The molecule has 100 valence electrons. The fraction of sp³-hybridized carbons (Fsp3) is 0.429. The van der Waals surface area contributed by atoms with Gasteiger partial charge < -0.3 is 15.8 Å². The quantitative estimate of drug-likeness (QED) is 0.860. The highest BCUT2D eigenvalue weighted by Crippen LogP contribution is 2.26. The molecular weight excluding hydrogens is 242 g/mol. The van der Waals surface area contributed by atoms with Gasteiger partial charge in [-0.15, -0.1) is 0 Å². The van der Waals surface area contributed by atoms with E-state index < -0.39 is 0 Å². The first-order valence-electron chi connectivity index (χ1n) is 6.35. The molecule has 2 rings (SSSR count). The van der Waals surface area contributed by atoms with Crippen molar-refractivity contribution in [3.8, 4) is 11.8 Å². The van der Waals surface area contributed by atoms with E-state index in [0.717, 1.165) is 19.3 Å². The molecule has 5 heteroatoms. The number of anilines is 1. The lowest BCUT2D eigenvalue weighted by Gasteiger charge is -2.11. The average molecular weight is 259 g/mol. The lowest BCUT2D eigenvalue weighted by atomic mass is 10.1. The highest BCUT2D eigenvalue weighted by atomic mass is 16.5. The number of nitrogens with two attached hydrogens (primary N) is 1. The van der Waals surface area contributed by atoms with Crippen LogP contribution in [0.3, 0.4) is 0 Å². The monoisotopic (exact) mass is 259 g/mol. The molecule has 19 heavy (non-hydrogen) atoms. The third-order valence-corrected chi connectivity index (χ3v) is 3.25. The first-order chi connectivity index (χ1) is 9.19. The second-order valence-corrected chi connectivity index (χ2v) is 4.73. The molecule has 0 saturated heterocycles. The molecule has 1 aliphatic rings. The Bertz CT molecular complexity index is 496. The Morgan fingerprint density at radius 3 is 3.05 bits per heavy atom. The van der Waals surface area contributed by atoms with Gasteiger partial charge in [0, 0.05) is 23.7 Å². The molecule has 1 fully saturated rings. The Balaban J connectivity index is 1.95. The van der Waals surface area contributed by atoms with Gasteiger partial charge in [0.2, 0.25) is 5.91 Å². The highest BCUT2D eigenvalue weighted by Gasteiger charge is 2.27. The second kappa shape index (κ2) is 6.21. The van der Waals surface area contributed by atoms with E-state index in [2.05, 4.69) is 5.32 Å². The van der Waals surface area contributed by atoms with Crippen LogP contribution < -0.4 is 15.8 Å². The molecule has 1 aromatic carbocycles. The minimum absolute atomic E-state index is 0.00122. The number of rotatable bonds is 4. The van der Waals surface area contributed by atoms with Crippen molar-refractivity contribution in [3.63, 3.8) is 0 Å². The van der Waals surface area contributed by atoms with Crippen molar-refractivity contribution < 1.29 is 9.53 Å². The zero-order valence-corrected chi connectivity index (χ0v) is 10.6. The summed E-state index contributed by atoms with van der Waals surface area (Å²) >= 11 is 0. The van der Waals surface area contributed by atoms with E-state index in [0.29, 0.717) is 11.4 Å². The molecule has 2 atom stereocenters. The summed E-state index contributed by atoms with van der Waals surface area (Å²) in [4.78, 5) is 12.0. The molecule has 0 aromatic heterocycles. The van der Waals surface area contributed by atoms with Crippen LogP contribution in [0.5, 0.6) is 5.75 Å². The standard InChI is InChI=1S/C14H17N3O2/c15-6-7-19-13-3-1-2-12(9-13)17-14(18)10-4-5-11(16)8-10/h1-3,9-11H,4-5,7-8,16H2,(H,17,18). The summed E-state index contributed by atoms with van der Waals surface area (Å²) in [7, 11) is 0. The van der Waals surface area contributed by atoms with E-state index in [1.54, 1.807) is 24.3 Å². The number of carbonyl (C=O) groups is 1. The van der Waals surface area contributed by atoms with Gasteiger partial charge in [-0.2, -0.15) is 5.26 Å². The summed E-state index contributed by atoms with van der Waals surface area (Å²) < 4.78 is 5.19. The van der Waals surface area contributed by atoms with Crippen LogP contribution in [0.1, 0.15) is 19.3 Å². The number of hydrogen-bond acceptors (Lipinski definition) is 4. The smallest absolute Gasteiger partial charge is 0.227 e. The van der Waals surface area contributed by atoms with Crippen LogP contribution in [0.15, 0.2) is 24.3 Å². The minimum Gasteiger partial charge on any atom is -0.479 e. The summed E-state index contributed by atoms with van der Waals surface area (Å²) in [5.74, 6) is 0.575. The molecule has 3 N–H and O–H groups in total. The van der Waals surface area contributed by atoms with Crippen molar-refractivity contribution in [2.75, 3.05) is 11.9 Å². The first kappa shape index (κ1) is 13.4. The summed E-state index contributed by atoms with van der Waals surface area (Å²) in [5, 5.41) is 11.3. The third kappa shape index (κ3) is 3.70. The van der Waals surface area contributed by atoms with Crippen LogP contribution in [0.2, 0.25) is 0 Å². The van der Waals surface area contributed by atoms with Gasteiger partial charge in [-0.1, -0.05) is 6.07 Å². The van der Waals surface area contributed by atoms with Crippen molar-refractivity contribution >= 4 is 11.6 Å². The predicted molar refractivity (Wildman–Crippen MR) is 71.5 cm³/mol. The molecule has 1 aromatic rings. The van der Waals surface area contributed by atoms with Gasteiger partial charge in [0.15, 0.2) is 6.61 Å². The maximum atomic E-state index is 12.0. The van der Waals surface area contributed by atoms with Crippen LogP contribution in [-0.2, 0) is 4.79 Å². The summed E-state index contributed by atoms with van der Waals surface area (Å²) in [6.45, 7) is -0.00508. The Morgan fingerprint density at radius 1 is 1.53 bits per heavy atom. The number of benzene rings is 1. The number of nitrogens with one attached hydrogen (secondary N) is 1. The summed E-state index contributed by atoms with van der Waals surface area (Å²) in [6, 6.07) is 9.08. The number of carbonyl (C=O) groups excluding carboxylic acids is 1. The fourth-order valence-corrected chi connectivity index (χ4v) is 2.28. The second-order valence-electron chi connectivity index (χ2n) is 4.73. The van der Waals surface area contributed by atoms with Crippen molar-refractivity contribution in [3.05, 3.63) is 24.3 Å². The zero-order valence-electron chi connectivity index (χ0n) is 10.6. The molecule has 1 aliphatic carbocycles. The Labute approximate surface area is 112 Å². The lowest BCUT2D eigenvalue weighted by molar-refractivity contribution is -0.119. The molecule has 1 amide bonds. The largest absolute Gasteiger partial charge is 0.479 e. The number of amides is 1. The van der Waals surface area contributed by atoms with Crippen LogP contribution in [0.25, 0.3) is 0 Å². The van der Waals surface area contributed by atoms with Crippen LogP contribution >= 0.6 is 0 Å². The number of hydrogen-bond donors (Lipinski definition) is 2. The topological polar surface area (TPSA) is 88.1 Å². The maximum absolute atomic E-state index is 12.0. The van der Waals surface area contributed by atoms with Gasteiger partial charge in [-0.05, 0) is 31.4 Å². The number of nitrogens with zero attached hydrogens (tertiary/aromatic N) is 1. The van der Waals surface area contributed by atoms with Crippen molar-refractivity contribution in [2.45, 2.75) is 25.3 Å². The van der Waals surface area contributed by atoms with Gasteiger partial charge in [0.1, 0.15) is 11.8 Å². The number of nitriles is 1. The van der Waals surface area contributed by atoms with E-state index in [9.17, 15) is 4.79 Å². The molecule has 1 saturated carbocycles. The van der Waals surface area contributed by atoms with E-state index in [4.69, 9.17) is 15.7 Å². The summed E-state index contributed by atoms with van der Waals surface area (Å²) in [6.07, 6.45) is 2.50. The minimum atomic E-state index is -0.00508.